The number of carbonyl (C=O) groups is 2. The normalized spacial score (nSPS) is 10.2. The van der Waals surface area contributed by atoms with Crippen LogP contribution in [0.1, 0.15) is 55.4 Å². The van der Waals surface area contributed by atoms with Gasteiger partial charge < -0.3 is 10.4 Å². The number of aliphatic carboxylic acids is 1. The average Bonchev–Trinajstić information content (AvgIpc) is 2.46. The van der Waals surface area contributed by atoms with E-state index in [0.717, 1.165) is 38.5 Å². The Kier molecular flexibility index (Phi) is 8.03. The Labute approximate surface area is 119 Å². The van der Waals surface area contributed by atoms with Crippen molar-refractivity contribution >= 4 is 11.9 Å². The quantitative estimate of drug-likeness (QED) is 0.645. The number of aromatic nitrogens is 1. The third kappa shape index (κ3) is 7.51. The highest BCUT2D eigenvalue weighted by Gasteiger charge is 2.04. The third-order valence-corrected chi connectivity index (χ3v) is 3.00. The number of hydrogen-bond acceptors (Lipinski definition) is 3. The van der Waals surface area contributed by atoms with Crippen molar-refractivity contribution in [1.82, 2.24) is 10.3 Å². The number of rotatable bonds is 10. The van der Waals surface area contributed by atoms with Gasteiger partial charge in [-0.3, -0.25) is 14.6 Å². The maximum absolute atomic E-state index is 11.7. The summed E-state index contributed by atoms with van der Waals surface area (Å²) in [5, 5.41) is 11.3. The van der Waals surface area contributed by atoms with Gasteiger partial charge in [-0.25, -0.2) is 0 Å². The molecule has 2 N–H and O–H groups in total. The Morgan fingerprint density at radius 1 is 1.05 bits per heavy atom. The second-order valence-corrected chi connectivity index (χ2v) is 4.74. The van der Waals surface area contributed by atoms with E-state index in [0.29, 0.717) is 12.2 Å². The summed E-state index contributed by atoms with van der Waals surface area (Å²) in [6, 6.07) is 5.26. The van der Waals surface area contributed by atoms with Gasteiger partial charge in [0.15, 0.2) is 0 Å². The fraction of sp³-hybridized carbons (Fsp3) is 0.533. The monoisotopic (exact) mass is 278 g/mol. The Balaban J connectivity index is 1.95. The lowest BCUT2D eigenvalue weighted by atomic mass is 10.1. The average molecular weight is 278 g/mol. The van der Waals surface area contributed by atoms with E-state index in [1.165, 1.54) is 0 Å². The molecule has 0 radical (unpaired) electrons. The zero-order valence-corrected chi connectivity index (χ0v) is 11.7. The molecule has 0 aliphatic rings. The van der Waals surface area contributed by atoms with Gasteiger partial charge in [0.05, 0.1) is 0 Å². The molecule has 0 saturated heterocycles. The Hall–Kier alpha value is -1.91. The molecule has 0 atom stereocenters. The molecule has 0 saturated carbocycles. The van der Waals surface area contributed by atoms with Crippen molar-refractivity contribution in [2.45, 2.75) is 44.9 Å². The van der Waals surface area contributed by atoms with Crippen LogP contribution in [-0.4, -0.2) is 28.5 Å². The Morgan fingerprint density at radius 2 is 1.75 bits per heavy atom. The molecule has 20 heavy (non-hydrogen) atoms. The predicted molar refractivity (Wildman–Crippen MR) is 76.5 cm³/mol. The summed E-state index contributed by atoms with van der Waals surface area (Å²) in [6.07, 6.45) is 7.72. The standard InChI is InChI=1S/C15H22N2O3/c18-14(19)10-5-3-1-2-4-7-12-17-15(20)13-9-6-8-11-16-13/h6,8-9,11H,1-5,7,10,12H2,(H,17,20)(H,18,19). The molecule has 1 rings (SSSR count). The lowest BCUT2D eigenvalue weighted by molar-refractivity contribution is -0.137. The van der Waals surface area contributed by atoms with Gasteiger partial charge in [-0.2, -0.15) is 0 Å². The van der Waals surface area contributed by atoms with E-state index in [1.807, 2.05) is 0 Å². The van der Waals surface area contributed by atoms with Crippen molar-refractivity contribution < 1.29 is 14.7 Å². The van der Waals surface area contributed by atoms with E-state index in [4.69, 9.17) is 5.11 Å². The van der Waals surface area contributed by atoms with Crippen LogP contribution in [-0.2, 0) is 4.79 Å². The van der Waals surface area contributed by atoms with Crippen LogP contribution < -0.4 is 5.32 Å². The van der Waals surface area contributed by atoms with Crippen LogP contribution in [0.25, 0.3) is 0 Å². The molecule has 0 fully saturated rings. The maximum atomic E-state index is 11.7. The molecule has 1 amide bonds. The number of carboxylic acids is 1. The SMILES string of the molecule is O=C(O)CCCCCCCCNC(=O)c1ccccn1. The summed E-state index contributed by atoms with van der Waals surface area (Å²) in [6.45, 7) is 0.657. The fourth-order valence-corrected chi connectivity index (χ4v) is 1.90. The highest BCUT2D eigenvalue weighted by Crippen LogP contribution is 2.06. The van der Waals surface area contributed by atoms with E-state index in [9.17, 15) is 9.59 Å². The van der Waals surface area contributed by atoms with E-state index in [1.54, 1.807) is 24.4 Å². The minimum atomic E-state index is -0.720. The Morgan fingerprint density at radius 3 is 2.40 bits per heavy atom. The minimum Gasteiger partial charge on any atom is -0.481 e. The van der Waals surface area contributed by atoms with E-state index in [-0.39, 0.29) is 12.3 Å². The summed E-state index contributed by atoms with van der Waals surface area (Å²) >= 11 is 0. The fourth-order valence-electron chi connectivity index (χ4n) is 1.90. The number of pyridine rings is 1. The van der Waals surface area contributed by atoms with Crippen LogP contribution in [0.2, 0.25) is 0 Å². The first kappa shape index (κ1) is 16.1. The lowest BCUT2D eigenvalue weighted by Crippen LogP contribution is -2.25. The van der Waals surface area contributed by atoms with Crippen LogP contribution >= 0.6 is 0 Å². The molecular weight excluding hydrogens is 256 g/mol. The molecule has 0 aliphatic carbocycles. The molecule has 1 heterocycles. The molecule has 1 aromatic rings. The number of nitrogens with zero attached hydrogens (tertiary/aromatic N) is 1. The second-order valence-electron chi connectivity index (χ2n) is 4.74. The van der Waals surface area contributed by atoms with E-state index < -0.39 is 5.97 Å². The molecular formula is C15H22N2O3. The van der Waals surface area contributed by atoms with Crippen molar-refractivity contribution in [1.29, 1.82) is 0 Å². The Bertz CT molecular complexity index is 407. The van der Waals surface area contributed by atoms with E-state index >= 15 is 0 Å². The number of amides is 1. The van der Waals surface area contributed by atoms with Crippen LogP contribution in [0.5, 0.6) is 0 Å². The van der Waals surface area contributed by atoms with Crippen molar-refractivity contribution in [3.05, 3.63) is 30.1 Å². The molecule has 110 valence electrons. The van der Waals surface area contributed by atoms with Crippen LogP contribution in [0, 0.1) is 0 Å². The summed E-state index contributed by atoms with van der Waals surface area (Å²) in [4.78, 5) is 25.9. The molecule has 0 aromatic carbocycles. The molecule has 5 nitrogen and oxygen atoms in total. The highest BCUT2D eigenvalue weighted by molar-refractivity contribution is 5.92. The molecule has 0 spiro atoms. The van der Waals surface area contributed by atoms with Crippen LogP contribution in [0.3, 0.4) is 0 Å². The maximum Gasteiger partial charge on any atom is 0.303 e. The van der Waals surface area contributed by atoms with Gasteiger partial charge in [0.25, 0.3) is 5.91 Å². The lowest BCUT2D eigenvalue weighted by Gasteiger charge is -2.04. The van der Waals surface area contributed by atoms with Gasteiger partial charge in [-0.1, -0.05) is 31.7 Å². The summed E-state index contributed by atoms with van der Waals surface area (Å²) in [7, 11) is 0. The largest absolute Gasteiger partial charge is 0.481 e. The predicted octanol–water partition coefficient (Wildman–Crippen LogP) is 2.63. The van der Waals surface area contributed by atoms with Crippen molar-refractivity contribution in [3.63, 3.8) is 0 Å². The topological polar surface area (TPSA) is 79.3 Å². The molecule has 0 aliphatic heterocycles. The molecule has 5 heteroatoms. The smallest absolute Gasteiger partial charge is 0.303 e. The second kappa shape index (κ2) is 9.95. The molecule has 1 aromatic heterocycles. The van der Waals surface area contributed by atoms with Gasteiger partial charge in [0.2, 0.25) is 0 Å². The zero-order chi connectivity index (χ0) is 14.6. The van der Waals surface area contributed by atoms with Crippen LogP contribution in [0.15, 0.2) is 24.4 Å². The van der Waals surface area contributed by atoms with Crippen LogP contribution in [0.4, 0.5) is 0 Å². The highest BCUT2D eigenvalue weighted by atomic mass is 16.4. The summed E-state index contributed by atoms with van der Waals surface area (Å²) < 4.78 is 0. The number of unbranched alkanes of at least 4 members (excludes halogenated alkanes) is 5. The van der Waals surface area contributed by atoms with Crippen molar-refractivity contribution in [2.24, 2.45) is 0 Å². The minimum absolute atomic E-state index is 0.132. The van der Waals surface area contributed by atoms with E-state index in [2.05, 4.69) is 10.3 Å². The third-order valence-electron chi connectivity index (χ3n) is 3.00. The van der Waals surface area contributed by atoms with Gasteiger partial charge in [0.1, 0.15) is 5.69 Å². The number of hydrogen-bond donors (Lipinski definition) is 2. The first-order valence-corrected chi connectivity index (χ1v) is 7.11. The van der Waals surface area contributed by atoms with Gasteiger partial charge in [0, 0.05) is 19.2 Å². The number of nitrogens with one attached hydrogen (secondary N) is 1. The number of carbonyl (C=O) groups excluding carboxylic acids is 1. The van der Waals surface area contributed by atoms with Gasteiger partial charge in [-0.15, -0.1) is 0 Å². The summed E-state index contributed by atoms with van der Waals surface area (Å²) in [5.74, 6) is -0.853. The first-order valence-electron chi connectivity index (χ1n) is 7.11. The summed E-state index contributed by atoms with van der Waals surface area (Å²) in [5.41, 5.74) is 0.446. The van der Waals surface area contributed by atoms with Gasteiger partial charge >= 0.3 is 5.97 Å². The van der Waals surface area contributed by atoms with Crippen molar-refractivity contribution in [3.8, 4) is 0 Å². The number of carboxylic acid groups (broad SMARTS) is 1. The first-order chi connectivity index (χ1) is 9.70. The van der Waals surface area contributed by atoms with Gasteiger partial charge in [-0.05, 0) is 25.0 Å². The molecule has 0 unspecified atom stereocenters. The van der Waals surface area contributed by atoms with Crippen molar-refractivity contribution in [2.75, 3.05) is 6.54 Å². The zero-order valence-electron chi connectivity index (χ0n) is 11.7. The molecule has 0 bridgehead atoms.